The predicted octanol–water partition coefficient (Wildman–Crippen LogP) is -1.74. The van der Waals surface area contributed by atoms with Gasteiger partial charge in [-0.1, -0.05) is 13.8 Å². The lowest BCUT2D eigenvalue weighted by atomic mass is 10.0. The van der Waals surface area contributed by atoms with Gasteiger partial charge in [-0.25, -0.2) is 19.3 Å². The Balaban J connectivity index is 4.48. The molecule has 12 N–H and O–H groups in total. The van der Waals surface area contributed by atoms with Gasteiger partial charge < -0.3 is 48.7 Å². The third-order valence-corrected chi connectivity index (χ3v) is 5.42. The third-order valence-electron chi connectivity index (χ3n) is 5.42. The molecule has 0 saturated heterocycles. The lowest BCUT2D eigenvalue weighted by Gasteiger charge is -2.27. The van der Waals surface area contributed by atoms with Crippen molar-refractivity contribution < 1.29 is 24.1 Å². The second kappa shape index (κ2) is 22.9. The van der Waals surface area contributed by atoms with Crippen LogP contribution in [0.15, 0.2) is 0 Å². The molecule has 0 aliphatic carbocycles. The number of primary amides is 1. The summed E-state index contributed by atoms with van der Waals surface area (Å²) in [5.41, 5.74) is 13.6. The molecular formula is C24H53N11O5. The SMILES string of the molecule is CC(=O)NCCNC(=O)NC(CCN)CNON(CCNC(=O)NC(CNCCNC(N)=O)CC(C)C)C(C)C. The molecule has 0 heterocycles. The number of carbonyl (C=O) groups is 4. The van der Waals surface area contributed by atoms with Crippen LogP contribution in [-0.2, 0) is 9.73 Å². The highest BCUT2D eigenvalue weighted by molar-refractivity contribution is 5.75. The van der Waals surface area contributed by atoms with Crippen LogP contribution in [0.1, 0.15) is 47.5 Å². The van der Waals surface area contributed by atoms with Crippen LogP contribution in [0.5, 0.6) is 0 Å². The standard InChI is InChI=1S/C24H53N11O5/c1-17(2)14-21(15-27-8-9-29-22(26)37)34-24(39)31-12-13-35(18(3)4)40-32-16-20(6-7-25)33-23(38)30-11-10-28-19(5)36/h17-18,20-21,27,32H,6-16,25H2,1-5H3,(H,28,36)(H3,26,29,37)(H2,30,33,38)(H2,31,34,39). The zero-order chi connectivity index (χ0) is 30.3. The van der Waals surface area contributed by atoms with E-state index in [9.17, 15) is 19.2 Å². The smallest absolute Gasteiger partial charge is 0.315 e. The predicted molar refractivity (Wildman–Crippen MR) is 154 cm³/mol. The number of urea groups is 3. The van der Waals surface area contributed by atoms with E-state index >= 15 is 0 Å². The molecular weight excluding hydrogens is 522 g/mol. The maximum Gasteiger partial charge on any atom is 0.315 e. The molecule has 0 bridgehead atoms. The third kappa shape index (κ3) is 22.0. The Morgan fingerprint density at radius 2 is 1.40 bits per heavy atom. The summed E-state index contributed by atoms with van der Waals surface area (Å²) in [6.45, 7) is 13.1. The first kappa shape index (κ1) is 37.1. The molecule has 0 rings (SSSR count). The maximum absolute atomic E-state index is 12.5. The average molecular weight is 576 g/mol. The molecule has 16 nitrogen and oxygen atoms in total. The number of nitrogens with two attached hydrogens (primary N) is 2. The van der Waals surface area contributed by atoms with Crippen molar-refractivity contribution in [2.24, 2.45) is 17.4 Å². The highest BCUT2D eigenvalue weighted by Gasteiger charge is 2.16. The molecule has 234 valence electrons. The van der Waals surface area contributed by atoms with Crippen LogP contribution in [0.25, 0.3) is 0 Å². The van der Waals surface area contributed by atoms with Crippen LogP contribution >= 0.6 is 0 Å². The summed E-state index contributed by atoms with van der Waals surface area (Å²) in [6, 6.07) is -1.56. The fourth-order valence-electron chi connectivity index (χ4n) is 3.54. The fraction of sp³-hybridized carbons (Fsp3) is 0.833. The van der Waals surface area contributed by atoms with Crippen LogP contribution in [0.3, 0.4) is 0 Å². The summed E-state index contributed by atoms with van der Waals surface area (Å²) in [7, 11) is 0. The van der Waals surface area contributed by atoms with E-state index in [0.29, 0.717) is 71.2 Å². The maximum atomic E-state index is 12.5. The Kier molecular flexibility index (Phi) is 21.2. The van der Waals surface area contributed by atoms with E-state index in [-0.39, 0.29) is 36.1 Å². The van der Waals surface area contributed by atoms with Gasteiger partial charge >= 0.3 is 18.1 Å². The monoisotopic (exact) mass is 575 g/mol. The molecule has 0 aromatic heterocycles. The van der Waals surface area contributed by atoms with Crippen molar-refractivity contribution in [2.45, 2.75) is 65.6 Å². The van der Waals surface area contributed by atoms with E-state index in [1.807, 2.05) is 13.8 Å². The minimum absolute atomic E-state index is 0.0160. The highest BCUT2D eigenvalue weighted by atomic mass is 16.8. The summed E-state index contributed by atoms with van der Waals surface area (Å²) in [6.07, 6.45) is 1.33. The zero-order valence-corrected chi connectivity index (χ0v) is 24.7. The molecule has 2 unspecified atom stereocenters. The topological polar surface area (TPSA) is 229 Å². The molecule has 0 aliphatic heterocycles. The molecule has 0 fully saturated rings. The van der Waals surface area contributed by atoms with Crippen molar-refractivity contribution in [3.63, 3.8) is 0 Å². The Hall–Kier alpha value is -2.92. The molecule has 0 aliphatic rings. The first-order chi connectivity index (χ1) is 18.9. The van der Waals surface area contributed by atoms with Crippen molar-refractivity contribution in [2.75, 3.05) is 58.9 Å². The normalized spacial score (nSPS) is 12.6. The van der Waals surface area contributed by atoms with Gasteiger partial charge in [-0.05, 0) is 39.2 Å². The van der Waals surface area contributed by atoms with Gasteiger partial charge in [-0.3, -0.25) is 4.79 Å². The van der Waals surface area contributed by atoms with E-state index in [2.05, 4.69) is 56.5 Å². The van der Waals surface area contributed by atoms with Gasteiger partial charge in [0.05, 0.1) is 0 Å². The van der Waals surface area contributed by atoms with Crippen molar-refractivity contribution in [3.05, 3.63) is 0 Å². The first-order valence-corrected chi connectivity index (χ1v) is 13.9. The minimum Gasteiger partial charge on any atom is -0.355 e. The molecule has 16 heteroatoms. The van der Waals surface area contributed by atoms with Gasteiger partial charge in [-0.15, -0.1) is 0 Å². The molecule has 0 aromatic carbocycles. The second-order valence-electron chi connectivity index (χ2n) is 10.1. The van der Waals surface area contributed by atoms with Gasteiger partial charge in [0.15, 0.2) is 0 Å². The molecule has 0 saturated carbocycles. The van der Waals surface area contributed by atoms with E-state index < -0.39 is 6.03 Å². The first-order valence-electron chi connectivity index (χ1n) is 13.9. The van der Waals surface area contributed by atoms with Crippen molar-refractivity contribution in [1.29, 1.82) is 0 Å². The number of nitrogens with one attached hydrogen (secondary N) is 8. The Bertz CT molecular complexity index is 727. The molecule has 0 radical (unpaired) electrons. The number of hydrogen-bond acceptors (Lipinski definition) is 9. The molecule has 0 aromatic rings. The van der Waals surface area contributed by atoms with Crippen molar-refractivity contribution in [3.8, 4) is 0 Å². The van der Waals surface area contributed by atoms with E-state index in [1.165, 1.54) is 6.92 Å². The van der Waals surface area contributed by atoms with Crippen LogP contribution in [0.4, 0.5) is 14.4 Å². The van der Waals surface area contributed by atoms with Gasteiger partial charge in [0, 0.05) is 77.4 Å². The second-order valence-corrected chi connectivity index (χ2v) is 10.1. The van der Waals surface area contributed by atoms with Crippen LogP contribution < -0.4 is 54.2 Å². The number of rotatable bonds is 22. The summed E-state index contributed by atoms with van der Waals surface area (Å²) in [5.74, 6) is 0.227. The Morgan fingerprint density at radius 1 is 0.800 bits per heavy atom. The van der Waals surface area contributed by atoms with E-state index in [4.69, 9.17) is 16.4 Å². The van der Waals surface area contributed by atoms with Gasteiger partial charge in [-0.2, -0.15) is 10.5 Å². The zero-order valence-electron chi connectivity index (χ0n) is 24.7. The highest BCUT2D eigenvalue weighted by Crippen LogP contribution is 2.04. The molecule has 7 amide bonds. The summed E-state index contributed by atoms with van der Waals surface area (Å²) in [5, 5.41) is 21.4. The summed E-state index contributed by atoms with van der Waals surface area (Å²) < 4.78 is 0. The molecule has 0 spiro atoms. The number of carbonyl (C=O) groups excluding carboxylic acids is 4. The molecule has 2 atom stereocenters. The van der Waals surface area contributed by atoms with Gasteiger partial charge in [0.1, 0.15) is 0 Å². The summed E-state index contributed by atoms with van der Waals surface area (Å²) >= 11 is 0. The number of hydroxylamine groups is 3. The van der Waals surface area contributed by atoms with Crippen LogP contribution in [-0.4, -0.2) is 106 Å². The van der Waals surface area contributed by atoms with Crippen LogP contribution in [0, 0.1) is 5.92 Å². The lowest BCUT2D eigenvalue weighted by Crippen LogP contribution is -2.51. The quantitative estimate of drug-likeness (QED) is 0.0521. The Labute approximate surface area is 238 Å². The molecule has 40 heavy (non-hydrogen) atoms. The van der Waals surface area contributed by atoms with Gasteiger partial charge in [0.2, 0.25) is 5.91 Å². The Morgan fingerprint density at radius 3 is 1.98 bits per heavy atom. The number of hydrogen-bond donors (Lipinski definition) is 10. The van der Waals surface area contributed by atoms with Crippen LogP contribution in [0.2, 0.25) is 0 Å². The van der Waals surface area contributed by atoms with Crippen molar-refractivity contribution >= 4 is 24.0 Å². The van der Waals surface area contributed by atoms with Gasteiger partial charge in [0.25, 0.3) is 0 Å². The minimum atomic E-state index is -0.571. The van der Waals surface area contributed by atoms with E-state index in [0.717, 1.165) is 6.42 Å². The number of amides is 7. The van der Waals surface area contributed by atoms with E-state index in [1.54, 1.807) is 5.06 Å². The van der Waals surface area contributed by atoms with Crippen molar-refractivity contribution in [1.82, 2.24) is 47.8 Å². The lowest BCUT2D eigenvalue weighted by molar-refractivity contribution is -0.227. The average Bonchev–Trinajstić information content (AvgIpc) is 2.84. The fourth-order valence-corrected chi connectivity index (χ4v) is 3.54. The number of nitrogens with zero attached hydrogens (tertiary/aromatic N) is 1. The largest absolute Gasteiger partial charge is 0.355 e. The summed E-state index contributed by atoms with van der Waals surface area (Å²) in [4.78, 5) is 52.0.